The standard InChI is InChI=1S/C9H18O2/c1-3-5-8(10)7-9(11)6-4-2/h3,8-11H,1,4-7H2,2H3. The summed E-state index contributed by atoms with van der Waals surface area (Å²) >= 11 is 0. The number of hydrogen-bond acceptors (Lipinski definition) is 2. The van der Waals surface area contributed by atoms with Crippen molar-refractivity contribution in [3.05, 3.63) is 12.7 Å². The van der Waals surface area contributed by atoms with Crippen LogP contribution in [-0.4, -0.2) is 22.4 Å². The van der Waals surface area contributed by atoms with Crippen LogP contribution in [0, 0.1) is 0 Å². The van der Waals surface area contributed by atoms with Gasteiger partial charge in [-0.15, -0.1) is 6.58 Å². The van der Waals surface area contributed by atoms with Crippen molar-refractivity contribution in [3.63, 3.8) is 0 Å². The Morgan fingerprint density at radius 2 is 2.00 bits per heavy atom. The molecule has 0 aromatic rings. The van der Waals surface area contributed by atoms with Crippen molar-refractivity contribution in [1.29, 1.82) is 0 Å². The fourth-order valence-electron chi connectivity index (χ4n) is 1.05. The van der Waals surface area contributed by atoms with Crippen LogP contribution in [0.5, 0.6) is 0 Å². The molecule has 2 atom stereocenters. The van der Waals surface area contributed by atoms with Crippen LogP contribution in [0.4, 0.5) is 0 Å². The van der Waals surface area contributed by atoms with Gasteiger partial charge in [0, 0.05) is 0 Å². The van der Waals surface area contributed by atoms with Crippen LogP contribution in [0.2, 0.25) is 0 Å². The highest BCUT2D eigenvalue weighted by atomic mass is 16.3. The SMILES string of the molecule is C=CCC(O)CC(O)CCC. The van der Waals surface area contributed by atoms with Gasteiger partial charge in [-0.25, -0.2) is 0 Å². The predicted octanol–water partition coefficient (Wildman–Crippen LogP) is 1.47. The van der Waals surface area contributed by atoms with Gasteiger partial charge in [0.05, 0.1) is 12.2 Å². The van der Waals surface area contributed by atoms with Crippen molar-refractivity contribution in [2.45, 2.75) is 44.8 Å². The lowest BCUT2D eigenvalue weighted by atomic mass is 10.1. The maximum atomic E-state index is 9.25. The lowest BCUT2D eigenvalue weighted by molar-refractivity contribution is 0.0769. The van der Waals surface area contributed by atoms with Crippen LogP contribution < -0.4 is 0 Å². The van der Waals surface area contributed by atoms with Gasteiger partial charge < -0.3 is 10.2 Å². The predicted molar refractivity (Wildman–Crippen MR) is 46.4 cm³/mol. The van der Waals surface area contributed by atoms with E-state index < -0.39 is 6.10 Å². The third-order valence-electron chi connectivity index (χ3n) is 1.60. The van der Waals surface area contributed by atoms with Crippen LogP contribution in [0.15, 0.2) is 12.7 Å². The molecule has 0 fully saturated rings. The number of aliphatic hydroxyl groups excluding tert-OH is 2. The first-order valence-corrected chi connectivity index (χ1v) is 4.17. The zero-order valence-corrected chi connectivity index (χ0v) is 7.16. The Morgan fingerprint density at radius 3 is 2.45 bits per heavy atom. The summed E-state index contributed by atoms with van der Waals surface area (Å²) in [6, 6.07) is 0. The molecule has 0 amide bonds. The van der Waals surface area contributed by atoms with Crippen LogP contribution in [0.3, 0.4) is 0 Å². The van der Waals surface area contributed by atoms with Crippen molar-refractivity contribution in [2.24, 2.45) is 0 Å². The number of aliphatic hydroxyl groups is 2. The first-order chi connectivity index (χ1) is 5.20. The third kappa shape index (κ3) is 6.07. The Bertz CT molecular complexity index is 102. The Hall–Kier alpha value is -0.340. The molecule has 2 N–H and O–H groups in total. The molecule has 0 aliphatic heterocycles. The summed E-state index contributed by atoms with van der Waals surface area (Å²) in [7, 11) is 0. The highest BCUT2D eigenvalue weighted by Crippen LogP contribution is 2.07. The van der Waals surface area contributed by atoms with E-state index in [1.54, 1.807) is 6.08 Å². The van der Waals surface area contributed by atoms with Gasteiger partial charge in [0.15, 0.2) is 0 Å². The molecule has 0 aromatic carbocycles. The van der Waals surface area contributed by atoms with Gasteiger partial charge in [-0.1, -0.05) is 19.4 Å². The van der Waals surface area contributed by atoms with Gasteiger partial charge in [-0.05, 0) is 19.3 Å². The summed E-state index contributed by atoms with van der Waals surface area (Å²) in [5, 5.41) is 18.5. The van der Waals surface area contributed by atoms with E-state index in [0.29, 0.717) is 12.8 Å². The van der Waals surface area contributed by atoms with Crippen LogP contribution in [0.1, 0.15) is 32.6 Å². The molecule has 0 aliphatic rings. The van der Waals surface area contributed by atoms with E-state index in [4.69, 9.17) is 0 Å². The van der Waals surface area contributed by atoms with Gasteiger partial charge in [0.2, 0.25) is 0 Å². The number of rotatable bonds is 6. The van der Waals surface area contributed by atoms with Crippen molar-refractivity contribution < 1.29 is 10.2 Å². The van der Waals surface area contributed by atoms with E-state index in [-0.39, 0.29) is 6.10 Å². The molecule has 2 heteroatoms. The van der Waals surface area contributed by atoms with E-state index in [1.165, 1.54) is 0 Å². The molecule has 0 aromatic heterocycles. The summed E-state index contributed by atoms with van der Waals surface area (Å²) in [6.45, 7) is 5.53. The minimum absolute atomic E-state index is 0.352. The molecular weight excluding hydrogens is 140 g/mol. The lowest BCUT2D eigenvalue weighted by Gasteiger charge is -2.12. The number of hydrogen-bond donors (Lipinski definition) is 2. The fourth-order valence-corrected chi connectivity index (χ4v) is 1.05. The van der Waals surface area contributed by atoms with Gasteiger partial charge in [-0.2, -0.15) is 0 Å². The van der Waals surface area contributed by atoms with E-state index in [2.05, 4.69) is 6.58 Å². The zero-order valence-electron chi connectivity index (χ0n) is 7.16. The quantitative estimate of drug-likeness (QED) is 0.575. The molecule has 0 saturated carbocycles. The van der Waals surface area contributed by atoms with E-state index in [1.807, 2.05) is 6.92 Å². The molecule has 0 bridgehead atoms. The second kappa shape index (κ2) is 6.38. The normalized spacial score (nSPS) is 15.9. The van der Waals surface area contributed by atoms with E-state index in [0.717, 1.165) is 12.8 Å². The largest absolute Gasteiger partial charge is 0.393 e. The minimum Gasteiger partial charge on any atom is -0.393 e. The van der Waals surface area contributed by atoms with Gasteiger partial charge >= 0.3 is 0 Å². The third-order valence-corrected chi connectivity index (χ3v) is 1.60. The lowest BCUT2D eigenvalue weighted by Crippen LogP contribution is -2.16. The van der Waals surface area contributed by atoms with E-state index >= 15 is 0 Å². The van der Waals surface area contributed by atoms with Gasteiger partial charge in [0.25, 0.3) is 0 Å². The molecule has 0 spiro atoms. The molecule has 0 radical (unpaired) electrons. The smallest absolute Gasteiger partial charge is 0.0599 e. The maximum Gasteiger partial charge on any atom is 0.0599 e. The molecule has 66 valence electrons. The highest BCUT2D eigenvalue weighted by molar-refractivity contribution is 4.74. The molecule has 0 saturated heterocycles. The average molecular weight is 158 g/mol. The summed E-state index contributed by atoms with van der Waals surface area (Å²) in [4.78, 5) is 0. The average Bonchev–Trinajstić information content (AvgIpc) is 1.87. The Balaban J connectivity index is 3.39. The van der Waals surface area contributed by atoms with Crippen LogP contribution >= 0.6 is 0 Å². The Morgan fingerprint density at radius 1 is 1.36 bits per heavy atom. The molecule has 0 rings (SSSR count). The minimum atomic E-state index is -0.422. The Labute approximate surface area is 68.6 Å². The molecule has 0 aliphatic carbocycles. The van der Waals surface area contributed by atoms with Crippen molar-refractivity contribution in [2.75, 3.05) is 0 Å². The summed E-state index contributed by atoms with van der Waals surface area (Å²) in [5.74, 6) is 0. The zero-order chi connectivity index (χ0) is 8.69. The van der Waals surface area contributed by atoms with Crippen LogP contribution in [-0.2, 0) is 0 Å². The first-order valence-electron chi connectivity index (χ1n) is 4.17. The monoisotopic (exact) mass is 158 g/mol. The van der Waals surface area contributed by atoms with Crippen molar-refractivity contribution in [3.8, 4) is 0 Å². The first kappa shape index (κ1) is 10.7. The summed E-state index contributed by atoms with van der Waals surface area (Å²) < 4.78 is 0. The van der Waals surface area contributed by atoms with E-state index in [9.17, 15) is 10.2 Å². The summed E-state index contributed by atoms with van der Waals surface area (Å²) in [5.41, 5.74) is 0. The van der Waals surface area contributed by atoms with Gasteiger partial charge in [0.1, 0.15) is 0 Å². The molecule has 2 unspecified atom stereocenters. The fraction of sp³-hybridized carbons (Fsp3) is 0.778. The van der Waals surface area contributed by atoms with Crippen LogP contribution in [0.25, 0.3) is 0 Å². The second-order valence-corrected chi connectivity index (χ2v) is 2.86. The molecule has 0 heterocycles. The van der Waals surface area contributed by atoms with Crippen molar-refractivity contribution >= 4 is 0 Å². The maximum absolute atomic E-state index is 9.25. The van der Waals surface area contributed by atoms with Gasteiger partial charge in [-0.3, -0.25) is 0 Å². The molecular formula is C9H18O2. The molecule has 2 nitrogen and oxygen atoms in total. The Kier molecular flexibility index (Phi) is 6.18. The summed E-state index contributed by atoms with van der Waals surface area (Å²) in [6.07, 6.45) is 3.67. The highest BCUT2D eigenvalue weighted by Gasteiger charge is 2.08. The molecule has 11 heavy (non-hydrogen) atoms. The second-order valence-electron chi connectivity index (χ2n) is 2.86. The topological polar surface area (TPSA) is 40.5 Å². The van der Waals surface area contributed by atoms with Crippen molar-refractivity contribution in [1.82, 2.24) is 0 Å².